The Balaban J connectivity index is 1.83. The van der Waals surface area contributed by atoms with Gasteiger partial charge in [-0.25, -0.2) is 0 Å². The van der Waals surface area contributed by atoms with Crippen LogP contribution in [0.3, 0.4) is 0 Å². The van der Waals surface area contributed by atoms with E-state index >= 15 is 0 Å². The van der Waals surface area contributed by atoms with Crippen molar-refractivity contribution in [2.75, 3.05) is 6.54 Å². The first-order chi connectivity index (χ1) is 9.08. The number of hydrogen-bond donors (Lipinski definition) is 2. The van der Waals surface area contributed by atoms with Gasteiger partial charge >= 0.3 is 0 Å². The van der Waals surface area contributed by atoms with E-state index in [1.54, 1.807) is 13.0 Å². The van der Waals surface area contributed by atoms with Gasteiger partial charge in [0.25, 0.3) is 5.91 Å². The molecule has 2 aromatic rings. The smallest absolute Gasteiger partial charge is 0.254 e. The number of aliphatic hydroxyl groups excluding tert-OH is 1. The lowest BCUT2D eigenvalue weighted by molar-refractivity contribution is 0.0942. The van der Waals surface area contributed by atoms with Crippen LogP contribution in [-0.2, 0) is 0 Å². The minimum atomic E-state index is -0.521. The number of thiophene rings is 1. The topological polar surface area (TPSA) is 62.5 Å². The van der Waals surface area contributed by atoms with Crippen molar-refractivity contribution >= 4 is 17.2 Å². The maximum Gasteiger partial charge on any atom is 0.254 e. The number of amides is 1. The molecule has 0 aliphatic heterocycles. The standard InChI is InChI=1S/C14H17NO3S/c1-9-8-11(10(2)18-9)14(17)15-6-5-12(16)13-4-3-7-19-13/h3-4,7-8,12,16H,5-6H2,1-2H3,(H,15,17). The lowest BCUT2D eigenvalue weighted by Crippen LogP contribution is -2.25. The molecule has 0 aromatic carbocycles. The van der Waals surface area contributed by atoms with E-state index < -0.39 is 6.10 Å². The first-order valence-electron chi connectivity index (χ1n) is 6.14. The molecule has 1 unspecified atom stereocenters. The Hall–Kier alpha value is -1.59. The van der Waals surface area contributed by atoms with Crippen LogP contribution in [0.5, 0.6) is 0 Å². The predicted octanol–water partition coefficient (Wildman–Crippen LogP) is 2.81. The van der Waals surface area contributed by atoms with E-state index in [2.05, 4.69) is 5.32 Å². The Morgan fingerprint density at radius 1 is 1.53 bits per heavy atom. The van der Waals surface area contributed by atoms with Gasteiger partial charge in [-0.05, 0) is 37.8 Å². The largest absolute Gasteiger partial charge is 0.466 e. The molecule has 2 heterocycles. The Bertz CT molecular complexity index is 545. The molecule has 0 saturated carbocycles. The van der Waals surface area contributed by atoms with Crippen LogP contribution in [-0.4, -0.2) is 17.6 Å². The van der Waals surface area contributed by atoms with Gasteiger partial charge < -0.3 is 14.8 Å². The van der Waals surface area contributed by atoms with Gasteiger partial charge in [0.15, 0.2) is 0 Å². The average molecular weight is 279 g/mol. The molecule has 2 N–H and O–H groups in total. The van der Waals surface area contributed by atoms with Gasteiger partial charge in [-0.1, -0.05) is 6.07 Å². The van der Waals surface area contributed by atoms with Crippen LogP contribution in [0.1, 0.15) is 39.3 Å². The van der Waals surface area contributed by atoms with E-state index in [9.17, 15) is 9.90 Å². The molecule has 0 bridgehead atoms. The van der Waals surface area contributed by atoms with Crippen molar-refractivity contribution in [1.82, 2.24) is 5.32 Å². The SMILES string of the molecule is Cc1cc(C(=O)NCCC(O)c2cccs2)c(C)o1. The van der Waals surface area contributed by atoms with Crippen molar-refractivity contribution in [2.24, 2.45) is 0 Å². The summed E-state index contributed by atoms with van der Waals surface area (Å²) in [5.41, 5.74) is 0.558. The Morgan fingerprint density at radius 3 is 2.89 bits per heavy atom. The number of carbonyl (C=O) groups excluding carboxylic acids is 1. The molecule has 0 fully saturated rings. The normalized spacial score (nSPS) is 12.4. The Morgan fingerprint density at radius 2 is 2.32 bits per heavy atom. The van der Waals surface area contributed by atoms with Crippen LogP contribution in [0, 0.1) is 13.8 Å². The first-order valence-corrected chi connectivity index (χ1v) is 7.02. The van der Waals surface area contributed by atoms with Gasteiger partial charge in [0.05, 0.1) is 11.7 Å². The summed E-state index contributed by atoms with van der Waals surface area (Å²) in [6.45, 7) is 4.01. The molecule has 2 rings (SSSR count). The highest BCUT2D eigenvalue weighted by molar-refractivity contribution is 7.10. The summed E-state index contributed by atoms with van der Waals surface area (Å²) in [5.74, 6) is 1.18. The summed E-state index contributed by atoms with van der Waals surface area (Å²) in [7, 11) is 0. The van der Waals surface area contributed by atoms with Crippen LogP contribution < -0.4 is 5.32 Å². The molecule has 1 atom stereocenters. The number of hydrogen-bond acceptors (Lipinski definition) is 4. The lowest BCUT2D eigenvalue weighted by atomic mass is 10.2. The number of rotatable bonds is 5. The molecule has 0 radical (unpaired) electrons. The molecule has 102 valence electrons. The van der Waals surface area contributed by atoms with Gasteiger partial charge in [0.2, 0.25) is 0 Å². The Kier molecular flexibility index (Phi) is 4.39. The van der Waals surface area contributed by atoms with Crippen molar-refractivity contribution in [1.29, 1.82) is 0 Å². The third-order valence-electron chi connectivity index (χ3n) is 2.86. The quantitative estimate of drug-likeness (QED) is 0.884. The summed E-state index contributed by atoms with van der Waals surface area (Å²) in [5, 5.41) is 14.6. The summed E-state index contributed by atoms with van der Waals surface area (Å²) in [6, 6.07) is 5.51. The van der Waals surface area contributed by atoms with Gasteiger partial charge in [-0.3, -0.25) is 4.79 Å². The van der Waals surface area contributed by atoms with E-state index in [4.69, 9.17) is 4.42 Å². The molecule has 0 aliphatic carbocycles. The number of aliphatic hydroxyl groups is 1. The monoisotopic (exact) mass is 279 g/mol. The lowest BCUT2D eigenvalue weighted by Gasteiger charge is -2.09. The van der Waals surface area contributed by atoms with Crippen molar-refractivity contribution in [3.05, 3.63) is 45.5 Å². The van der Waals surface area contributed by atoms with E-state index in [-0.39, 0.29) is 5.91 Å². The molecule has 1 amide bonds. The van der Waals surface area contributed by atoms with Crippen LogP contribution in [0.4, 0.5) is 0 Å². The summed E-state index contributed by atoms with van der Waals surface area (Å²) >= 11 is 1.51. The minimum absolute atomic E-state index is 0.160. The molecule has 19 heavy (non-hydrogen) atoms. The summed E-state index contributed by atoms with van der Waals surface area (Å²) < 4.78 is 5.31. The van der Waals surface area contributed by atoms with Crippen LogP contribution in [0.2, 0.25) is 0 Å². The molecular weight excluding hydrogens is 262 g/mol. The zero-order valence-corrected chi connectivity index (χ0v) is 11.8. The number of nitrogens with one attached hydrogen (secondary N) is 1. The van der Waals surface area contributed by atoms with E-state index in [1.165, 1.54) is 11.3 Å². The van der Waals surface area contributed by atoms with Crippen molar-refractivity contribution in [2.45, 2.75) is 26.4 Å². The minimum Gasteiger partial charge on any atom is -0.466 e. The zero-order chi connectivity index (χ0) is 13.8. The molecule has 2 aromatic heterocycles. The molecule has 4 nitrogen and oxygen atoms in total. The fourth-order valence-corrected chi connectivity index (χ4v) is 2.64. The second kappa shape index (κ2) is 6.04. The molecule has 0 saturated heterocycles. The van der Waals surface area contributed by atoms with E-state index in [0.717, 1.165) is 10.6 Å². The summed E-state index contributed by atoms with van der Waals surface area (Å²) in [4.78, 5) is 12.8. The van der Waals surface area contributed by atoms with Gasteiger partial charge in [-0.15, -0.1) is 11.3 Å². The maximum atomic E-state index is 11.9. The van der Waals surface area contributed by atoms with Gasteiger partial charge in [0, 0.05) is 11.4 Å². The molecule has 5 heteroatoms. The molecule has 0 spiro atoms. The van der Waals surface area contributed by atoms with Crippen LogP contribution in [0.15, 0.2) is 28.0 Å². The fourth-order valence-electron chi connectivity index (χ4n) is 1.90. The van der Waals surface area contributed by atoms with Crippen LogP contribution in [0.25, 0.3) is 0 Å². The second-order valence-corrected chi connectivity index (χ2v) is 5.38. The number of aryl methyl sites for hydroxylation is 2. The van der Waals surface area contributed by atoms with Crippen molar-refractivity contribution in [3.8, 4) is 0 Å². The maximum absolute atomic E-state index is 11.9. The summed E-state index contributed by atoms with van der Waals surface area (Å²) in [6.07, 6.45) is -0.0187. The van der Waals surface area contributed by atoms with Crippen molar-refractivity contribution < 1.29 is 14.3 Å². The molecular formula is C14H17NO3S. The highest BCUT2D eigenvalue weighted by Gasteiger charge is 2.14. The number of carbonyl (C=O) groups is 1. The van der Waals surface area contributed by atoms with Crippen molar-refractivity contribution in [3.63, 3.8) is 0 Å². The predicted molar refractivity (Wildman–Crippen MR) is 74.4 cm³/mol. The zero-order valence-electron chi connectivity index (χ0n) is 11.0. The third-order valence-corrected chi connectivity index (χ3v) is 3.83. The third kappa shape index (κ3) is 3.45. The molecule has 0 aliphatic rings. The van der Waals surface area contributed by atoms with Gasteiger partial charge in [0.1, 0.15) is 11.5 Å². The average Bonchev–Trinajstić information content (AvgIpc) is 2.98. The highest BCUT2D eigenvalue weighted by Crippen LogP contribution is 2.21. The van der Waals surface area contributed by atoms with E-state index in [1.807, 2.05) is 24.4 Å². The highest BCUT2D eigenvalue weighted by atomic mass is 32.1. The fraction of sp³-hybridized carbons (Fsp3) is 0.357. The number of furan rings is 1. The second-order valence-electron chi connectivity index (χ2n) is 4.40. The van der Waals surface area contributed by atoms with Gasteiger partial charge in [-0.2, -0.15) is 0 Å². The van der Waals surface area contributed by atoms with Crippen LogP contribution >= 0.6 is 11.3 Å². The first kappa shape index (κ1) is 13.8. The van der Waals surface area contributed by atoms with E-state index in [0.29, 0.717) is 24.3 Å². The Labute approximate surface area is 116 Å².